The van der Waals surface area contributed by atoms with Crippen LogP contribution >= 0.6 is 11.6 Å². The summed E-state index contributed by atoms with van der Waals surface area (Å²) in [7, 11) is 2.05. The molecule has 2 atom stereocenters. The molecule has 0 heterocycles. The molecule has 0 saturated carbocycles. The number of aryl methyl sites for hydroxylation is 1. The summed E-state index contributed by atoms with van der Waals surface area (Å²) >= 11 is 6.30. The fraction of sp³-hybridized carbons (Fsp3) is 0.333. The van der Waals surface area contributed by atoms with Crippen LogP contribution in [-0.2, 0) is 0 Å². The first-order valence-corrected chi connectivity index (χ1v) is 7.60. The lowest BCUT2D eigenvalue weighted by molar-refractivity contribution is 0.471. The highest BCUT2D eigenvalue weighted by molar-refractivity contribution is 6.31. The molecule has 1 aliphatic rings. The van der Waals surface area contributed by atoms with E-state index in [0.717, 1.165) is 10.6 Å². The van der Waals surface area contributed by atoms with Crippen LogP contribution in [0.4, 0.5) is 0 Å². The summed E-state index contributed by atoms with van der Waals surface area (Å²) in [5, 5.41) is 4.30. The van der Waals surface area contributed by atoms with Gasteiger partial charge in [0.25, 0.3) is 0 Å². The van der Waals surface area contributed by atoms with Crippen LogP contribution in [-0.4, -0.2) is 7.05 Å². The Morgan fingerprint density at radius 1 is 1.05 bits per heavy atom. The molecule has 0 aliphatic heterocycles. The van der Waals surface area contributed by atoms with Gasteiger partial charge in [-0.15, -0.1) is 0 Å². The van der Waals surface area contributed by atoms with E-state index in [1.54, 1.807) is 0 Å². The third-order valence-electron chi connectivity index (χ3n) is 4.44. The predicted octanol–water partition coefficient (Wildman–Crippen LogP) is 4.83. The van der Waals surface area contributed by atoms with E-state index in [4.69, 9.17) is 11.6 Å². The van der Waals surface area contributed by atoms with E-state index in [-0.39, 0.29) is 0 Å². The van der Waals surface area contributed by atoms with Crippen molar-refractivity contribution >= 4 is 11.6 Å². The molecule has 0 unspecified atom stereocenters. The van der Waals surface area contributed by atoms with E-state index < -0.39 is 0 Å². The lowest BCUT2D eigenvalue weighted by atomic mass is 9.76. The minimum absolute atomic E-state index is 0.467. The first kappa shape index (κ1) is 13.7. The van der Waals surface area contributed by atoms with Gasteiger partial charge < -0.3 is 5.32 Å². The summed E-state index contributed by atoms with van der Waals surface area (Å²) in [6.45, 7) is 2.05. The van der Waals surface area contributed by atoms with E-state index in [1.807, 2.05) is 7.05 Å². The second-order valence-electron chi connectivity index (χ2n) is 5.61. The molecule has 20 heavy (non-hydrogen) atoms. The summed E-state index contributed by atoms with van der Waals surface area (Å²) in [4.78, 5) is 0. The molecule has 0 aromatic heterocycles. The zero-order valence-electron chi connectivity index (χ0n) is 12.0. The van der Waals surface area contributed by atoms with Crippen molar-refractivity contribution in [1.29, 1.82) is 0 Å². The Morgan fingerprint density at radius 2 is 1.80 bits per heavy atom. The Bertz CT molecular complexity index is 621. The van der Waals surface area contributed by atoms with Gasteiger partial charge in [0.2, 0.25) is 0 Å². The summed E-state index contributed by atoms with van der Waals surface area (Å²) in [5.74, 6) is 0.467. The maximum absolute atomic E-state index is 6.30. The highest BCUT2D eigenvalue weighted by Gasteiger charge is 2.27. The van der Waals surface area contributed by atoms with Crippen molar-refractivity contribution in [2.45, 2.75) is 31.7 Å². The molecule has 104 valence electrons. The molecular formula is C18H20ClN. The SMILES string of the molecule is CN[C@H]1CC[C@@H](c2ccc(C)c(Cl)c2)c2ccccc21. The molecular weight excluding hydrogens is 266 g/mol. The largest absolute Gasteiger partial charge is 0.313 e. The van der Waals surface area contributed by atoms with Gasteiger partial charge >= 0.3 is 0 Å². The molecule has 0 spiro atoms. The topological polar surface area (TPSA) is 12.0 Å². The van der Waals surface area contributed by atoms with Crippen LogP contribution in [0.2, 0.25) is 5.02 Å². The number of fused-ring (bicyclic) bond motifs is 1. The van der Waals surface area contributed by atoms with Gasteiger partial charge in [-0.05, 0) is 55.1 Å². The van der Waals surface area contributed by atoms with E-state index in [9.17, 15) is 0 Å². The fourth-order valence-corrected chi connectivity index (χ4v) is 3.45. The average Bonchev–Trinajstić information content (AvgIpc) is 2.49. The molecule has 2 heteroatoms. The maximum Gasteiger partial charge on any atom is 0.0438 e. The lowest BCUT2D eigenvalue weighted by Gasteiger charge is -2.32. The van der Waals surface area contributed by atoms with Gasteiger partial charge in [0.15, 0.2) is 0 Å². The molecule has 1 N–H and O–H groups in total. The Balaban J connectivity index is 2.05. The van der Waals surface area contributed by atoms with Crippen molar-refractivity contribution in [3.8, 4) is 0 Å². The number of halogens is 1. The Morgan fingerprint density at radius 3 is 2.50 bits per heavy atom. The number of hydrogen-bond donors (Lipinski definition) is 1. The van der Waals surface area contributed by atoms with Crippen LogP contribution in [0.15, 0.2) is 42.5 Å². The van der Waals surface area contributed by atoms with E-state index in [0.29, 0.717) is 12.0 Å². The summed E-state index contributed by atoms with van der Waals surface area (Å²) in [6.07, 6.45) is 2.34. The molecule has 1 aliphatic carbocycles. The molecule has 0 saturated heterocycles. The summed E-state index contributed by atoms with van der Waals surface area (Å²) < 4.78 is 0. The average molecular weight is 286 g/mol. The molecule has 0 amide bonds. The van der Waals surface area contributed by atoms with Gasteiger partial charge in [-0.2, -0.15) is 0 Å². The lowest BCUT2D eigenvalue weighted by Crippen LogP contribution is -2.24. The summed E-state index contributed by atoms with van der Waals surface area (Å²) in [6, 6.07) is 15.7. The molecule has 2 aromatic rings. The Kier molecular flexibility index (Phi) is 3.82. The molecule has 0 radical (unpaired) electrons. The van der Waals surface area contributed by atoms with Gasteiger partial charge in [0.1, 0.15) is 0 Å². The summed E-state index contributed by atoms with van der Waals surface area (Å²) in [5.41, 5.74) is 5.36. The monoisotopic (exact) mass is 285 g/mol. The van der Waals surface area contributed by atoms with Crippen molar-refractivity contribution < 1.29 is 0 Å². The fourth-order valence-electron chi connectivity index (χ4n) is 3.26. The number of rotatable bonds is 2. The number of nitrogens with one attached hydrogen (secondary N) is 1. The predicted molar refractivity (Wildman–Crippen MR) is 85.5 cm³/mol. The van der Waals surface area contributed by atoms with E-state index in [2.05, 4.69) is 54.7 Å². The third kappa shape index (κ3) is 2.36. The second kappa shape index (κ2) is 5.59. The van der Waals surface area contributed by atoms with Gasteiger partial charge in [-0.3, -0.25) is 0 Å². The van der Waals surface area contributed by atoms with E-state index in [1.165, 1.54) is 29.5 Å². The normalized spacial score (nSPS) is 21.6. The second-order valence-corrected chi connectivity index (χ2v) is 6.02. The highest BCUT2D eigenvalue weighted by Crippen LogP contribution is 2.41. The van der Waals surface area contributed by atoms with Crippen molar-refractivity contribution in [2.75, 3.05) is 7.05 Å². The van der Waals surface area contributed by atoms with Crippen LogP contribution in [0.1, 0.15) is 47.1 Å². The van der Waals surface area contributed by atoms with E-state index >= 15 is 0 Å². The van der Waals surface area contributed by atoms with Crippen molar-refractivity contribution in [1.82, 2.24) is 5.32 Å². The Labute approximate surface area is 126 Å². The minimum atomic E-state index is 0.467. The zero-order valence-corrected chi connectivity index (χ0v) is 12.7. The molecule has 0 fully saturated rings. The third-order valence-corrected chi connectivity index (χ3v) is 4.84. The van der Waals surface area contributed by atoms with Crippen LogP contribution in [0.3, 0.4) is 0 Å². The van der Waals surface area contributed by atoms with Crippen LogP contribution in [0.5, 0.6) is 0 Å². The Hall–Kier alpha value is -1.31. The van der Waals surface area contributed by atoms with Crippen LogP contribution in [0.25, 0.3) is 0 Å². The van der Waals surface area contributed by atoms with Gasteiger partial charge in [0.05, 0.1) is 0 Å². The molecule has 2 aromatic carbocycles. The quantitative estimate of drug-likeness (QED) is 0.833. The van der Waals surface area contributed by atoms with Gasteiger partial charge in [0, 0.05) is 17.0 Å². The van der Waals surface area contributed by atoms with Gasteiger partial charge in [-0.1, -0.05) is 48.0 Å². The van der Waals surface area contributed by atoms with Crippen molar-refractivity contribution in [3.05, 3.63) is 69.7 Å². The molecule has 1 nitrogen and oxygen atoms in total. The first-order valence-electron chi connectivity index (χ1n) is 7.23. The van der Waals surface area contributed by atoms with Crippen LogP contribution in [0, 0.1) is 6.92 Å². The standard InChI is InChI=1S/C18H20ClN/c1-12-7-8-13(11-17(12)19)14-9-10-18(20-2)16-6-4-3-5-15(14)16/h3-8,11,14,18,20H,9-10H2,1-2H3/t14-,18-/m0/s1. The van der Waals surface area contributed by atoms with Crippen molar-refractivity contribution in [2.24, 2.45) is 0 Å². The molecule has 3 rings (SSSR count). The highest BCUT2D eigenvalue weighted by atomic mass is 35.5. The smallest absolute Gasteiger partial charge is 0.0438 e. The van der Waals surface area contributed by atoms with Gasteiger partial charge in [-0.25, -0.2) is 0 Å². The van der Waals surface area contributed by atoms with Crippen molar-refractivity contribution in [3.63, 3.8) is 0 Å². The number of benzene rings is 2. The maximum atomic E-state index is 6.30. The minimum Gasteiger partial charge on any atom is -0.313 e. The van der Waals surface area contributed by atoms with Crippen LogP contribution < -0.4 is 5.32 Å². The molecule has 0 bridgehead atoms. The first-order chi connectivity index (χ1) is 9.70. The number of hydrogen-bond acceptors (Lipinski definition) is 1. The zero-order chi connectivity index (χ0) is 14.1.